The van der Waals surface area contributed by atoms with Gasteiger partial charge in [0, 0.05) is 6.04 Å². The summed E-state index contributed by atoms with van der Waals surface area (Å²) in [6, 6.07) is 0.775. The number of hydrogen-bond acceptors (Lipinski definition) is 2. The molecule has 102 valence electrons. The van der Waals surface area contributed by atoms with Crippen LogP contribution in [0.25, 0.3) is 0 Å². The molecule has 1 saturated heterocycles. The Morgan fingerprint density at radius 1 is 0.812 bits per heavy atom. The molecule has 1 heterocycles. The van der Waals surface area contributed by atoms with Crippen molar-refractivity contribution in [2.24, 2.45) is 0 Å². The van der Waals surface area contributed by atoms with Crippen molar-refractivity contribution in [2.45, 2.75) is 60.4 Å². The van der Waals surface area contributed by atoms with Gasteiger partial charge in [0.2, 0.25) is 0 Å². The van der Waals surface area contributed by atoms with Crippen LogP contribution in [-0.2, 0) is 0 Å². The average molecular weight is 232 g/mol. The third-order valence-electron chi connectivity index (χ3n) is 1.87. The maximum Gasteiger partial charge on any atom is 0.00385 e. The van der Waals surface area contributed by atoms with Crippen LogP contribution in [0.1, 0.15) is 54.4 Å². The molecule has 0 atom stereocenters. The molecule has 0 spiro atoms. The van der Waals surface area contributed by atoms with Crippen molar-refractivity contribution in [1.82, 2.24) is 9.80 Å². The van der Waals surface area contributed by atoms with E-state index in [2.05, 4.69) is 18.7 Å². The van der Waals surface area contributed by atoms with E-state index in [0.717, 1.165) is 6.04 Å². The number of hydrogen-bond donors (Lipinski definition) is 0. The summed E-state index contributed by atoms with van der Waals surface area (Å²) >= 11 is 0. The summed E-state index contributed by atoms with van der Waals surface area (Å²) < 4.78 is 0. The highest BCUT2D eigenvalue weighted by atomic mass is 15.2. The molecule has 2 heteroatoms. The molecule has 1 aliphatic rings. The monoisotopic (exact) mass is 232 g/mol. The van der Waals surface area contributed by atoms with Crippen LogP contribution in [0.5, 0.6) is 0 Å². The minimum atomic E-state index is 0.775. The molecule has 0 aromatic carbocycles. The van der Waals surface area contributed by atoms with Crippen LogP contribution in [0.15, 0.2) is 0 Å². The van der Waals surface area contributed by atoms with Gasteiger partial charge >= 0.3 is 0 Å². The fourth-order valence-corrected chi connectivity index (χ4v) is 1.26. The van der Waals surface area contributed by atoms with Crippen molar-refractivity contribution in [3.8, 4) is 0 Å². The fourth-order valence-electron chi connectivity index (χ4n) is 1.26. The van der Waals surface area contributed by atoms with Gasteiger partial charge in [-0.2, -0.15) is 0 Å². The third kappa shape index (κ3) is 19.5. The largest absolute Gasteiger partial charge is 0.312 e. The first-order valence-corrected chi connectivity index (χ1v) is 6.89. The highest BCUT2D eigenvalue weighted by Crippen LogP contribution is 2.09. The van der Waals surface area contributed by atoms with Crippen molar-refractivity contribution in [2.75, 3.05) is 34.2 Å². The van der Waals surface area contributed by atoms with Crippen molar-refractivity contribution in [3.05, 3.63) is 0 Å². The maximum absolute atomic E-state index is 2.53. The van der Waals surface area contributed by atoms with Crippen molar-refractivity contribution < 1.29 is 0 Å². The molecule has 1 fully saturated rings. The Labute approximate surface area is 105 Å². The predicted octanol–water partition coefficient (Wildman–Crippen LogP) is 3.72. The molecule has 1 rings (SSSR count). The lowest BCUT2D eigenvalue weighted by molar-refractivity contribution is 0.276. The minimum absolute atomic E-state index is 0.775. The first-order valence-electron chi connectivity index (χ1n) is 6.89. The third-order valence-corrected chi connectivity index (χ3v) is 1.87. The van der Waals surface area contributed by atoms with E-state index >= 15 is 0 Å². The predicted molar refractivity (Wildman–Crippen MR) is 78.3 cm³/mol. The van der Waals surface area contributed by atoms with E-state index in [0.29, 0.717) is 0 Å². The second-order valence-electron chi connectivity index (χ2n) is 4.18. The molecule has 0 aromatic heterocycles. The zero-order valence-electron chi connectivity index (χ0n) is 13.3. The van der Waals surface area contributed by atoms with Crippen molar-refractivity contribution >= 4 is 0 Å². The van der Waals surface area contributed by atoms with Gasteiger partial charge in [-0.05, 0) is 60.9 Å². The summed E-state index contributed by atoms with van der Waals surface area (Å²) in [5.74, 6) is 0. The van der Waals surface area contributed by atoms with E-state index in [1.54, 1.807) is 0 Å². The Balaban J connectivity index is -0.000000181. The van der Waals surface area contributed by atoms with Gasteiger partial charge in [0.15, 0.2) is 0 Å². The van der Waals surface area contributed by atoms with Gasteiger partial charge in [0.05, 0.1) is 0 Å². The summed E-state index contributed by atoms with van der Waals surface area (Å²) in [7, 11) is 6.00. The zero-order valence-corrected chi connectivity index (χ0v) is 13.3. The Kier molecular flexibility index (Phi) is 23.0. The average Bonchev–Trinajstić information content (AvgIpc) is 2.76. The second kappa shape index (κ2) is 17.3. The maximum atomic E-state index is 2.53. The minimum Gasteiger partial charge on any atom is -0.312 e. The molecular weight excluding hydrogens is 196 g/mol. The Bertz CT molecular complexity index is 92.2. The zero-order chi connectivity index (χ0) is 13.6. The molecule has 0 amide bonds. The van der Waals surface area contributed by atoms with Crippen LogP contribution in [0.4, 0.5) is 0 Å². The van der Waals surface area contributed by atoms with Gasteiger partial charge in [-0.25, -0.2) is 0 Å². The van der Waals surface area contributed by atoms with Crippen LogP contribution in [-0.4, -0.2) is 50.1 Å². The van der Waals surface area contributed by atoms with Gasteiger partial charge < -0.3 is 9.80 Å². The molecular formula is C14H36N2. The molecule has 2 nitrogen and oxygen atoms in total. The van der Waals surface area contributed by atoms with Crippen molar-refractivity contribution in [1.29, 1.82) is 0 Å². The normalized spacial score (nSPS) is 14.4. The van der Waals surface area contributed by atoms with Gasteiger partial charge in [-0.15, -0.1) is 0 Å². The quantitative estimate of drug-likeness (QED) is 0.680. The van der Waals surface area contributed by atoms with Gasteiger partial charge in [0.1, 0.15) is 0 Å². The molecule has 0 bridgehead atoms. The van der Waals surface area contributed by atoms with E-state index in [9.17, 15) is 0 Å². The Morgan fingerprint density at radius 3 is 1.19 bits per heavy atom. The molecule has 0 aliphatic carbocycles. The topological polar surface area (TPSA) is 6.48 Å². The van der Waals surface area contributed by atoms with Crippen LogP contribution >= 0.6 is 0 Å². The van der Waals surface area contributed by atoms with Gasteiger partial charge in [0.25, 0.3) is 0 Å². The lowest BCUT2D eigenvalue weighted by Crippen LogP contribution is -2.26. The molecule has 0 N–H and O–H groups in total. The van der Waals surface area contributed by atoms with Crippen LogP contribution in [0, 0.1) is 0 Å². The van der Waals surface area contributed by atoms with Crippen molar-refractivity contribution in [3.63, 3.8) is 0 Å². The summed E-state index contributed by atoms with van der Waals surface area (Å²) in [6.45, 7) is 15.2. The summed E-state index contributed by atoms with van der Waals surface area (Å²) in [5.41, 5.74) is 0. The molecule has 16 heavy (non-hydrogen) atoms. The van der Waals surface area contributed by atoms with Crippen LogP contribution < -0.4 is 0 Å². The fraction of sp³-hybridized carbons (Fsp3) is 1.00. The molecule has 0 unspecified atom stereocenters. The lowest BCUT2D eigenvalue weighted by Gasteiger charge is -2.18. The van der Waals surface area contributed by atoms with E-state index in [4.69, 9.17) is 0 Å². The first-order chi connectivity index (χ1) is 7.54. The molecule has 0 saturated carbocycles. The van der Waals surface area contributed by atoms with E-state index in [1.165, 1.54) is 25.9 Å². The summed E-state index contributed by atoms with van der Waals surface area (Å²) in [5, 5.41) is 0. The van der Waals surface area contributed by atoms with Gasteiger partial charge in [-0.1, -0.05) is 27.7 Å². The highest BCUT2D eigenvalue weighted by molar-refractivity contribution is 4.68. The van der Waals surface area contributed by atoms with Crippen LogP contribution in [0.3, 0.4) is 0 Å². The smallest absolute Gasteiger partial charge is 0.00385 e. The standard InChI is InChI=1S/C7H15N.C3H9N.2C2H6/c1-7(2)8-5-3-4-6-8;1-4(2)3;2*1-2/h7H,3-6H2,1-2H3;1-3H3;2*1-2H3. The molecule has 1 aliphatic heterocycles. The number of likely N-dealkylation sites (tertiary alicyclic amines) is 1. The number of rotatable bonds is 1. The Hall–Kier alpha value is -0.0800. The summed E-state index contributed by atoms with van der Waals surface area (Å²) in [6.07, 6.45) is 2.83. The highest BCUT2D eigenvalue weighted by Gasteiger charge is 2.13. The molecule has 0 radical (unpaired) electrons. The SMILES string of the molecule is CC.CC.CC(C)N1CCCC1.CN(C)C. The van der Waals surface area contributed by atoms with Gasteiger partial charge in [-0.3, -0.25) is 0 Å². The number of nitrogens with zero attached hydrogens (tertiary/aromatic N) is 2. The Morgan fingerprint density at radius 2 is 1.06 bits per heavy atom. The first kappa shape index (κ1) is 21.2. The summed E-state index contributed by atoms with van der Waals surface area (Å²) in [4.78, 5) is 4.53. The van der Waals surface area contributed by atoms with E-state index in [-0.39, 0.29) is 0 Å². The van der Waals surface area contributed by atoms with Crippen LogP contribution in [0.2, 0.25) is 0 Å². The second-order valence-corrected chi connectivity index (χ2v) is 4.18. The molecule has 0 aromatic rings. The lowest BCUT2D eigenvalue weighted by atomic mass is 10.3. The van der Waals surface area contributed by atoms with E-state index in [1.807, 2.05) is 53.7 Å². The van der Waals surface area contributed by atoms with E-state index < -0.39 is 0 Å².